The Morgan fingerprint density at radius 3 is 2.51 bits per heavy atom. The standard InChI is InChI=1S/C33H22Cl2N4O2/c1-20-26(24-9-4-7-13-29(24)38(20)19-21-8-2-5-11-27(21)35)18-36-39-32(37-28-12-6-3-10-25(28)33(39)40)31-17-22-16-23(34)14-15-30(22)41-31/h2-18H,19H2,1H3. The van der Waals surface area contributed by atoms with Crippen LogP contribution in [-0.4, -0.2) is 20.4 Å². The topological polar surface area (TPSA) is 65.3 Å². The van der Waals surface area contributed by atoms with Crippen molar-refractivity contribution in [2.24, 2.45) is 5.10 Å². The highest BCUT2D eigenvalue weighted by Crippen LogP contribution is 2.30. The third-order valence-corrected chi connectivity index (χ3v) is 7.92. The summed E-state index contributed by atoms with van der Waals surface area (Å²) < 4.78 is 9.63. The van der Waals surface area contributed by atoms with E-state index >= 15 is 0 Å². The van der Waals surface area contributed by atoms with E-state index in [1.165, 1.54) is 4.68 Å². The van der Waals surface area contributed by atoms with E-state index in [0.29, 0.717) is 44.7 Å². The van der Waals surface area contributed by atoms with Gasteiger partial charge in [0.25, 0.3) is 5.56 Å². The van der Waals surface area contributed by atoms with Crippen LogP contribution in [0.15, 0.2) is 111 Å². The van der Waals surface area contributed by atoms with Crippen LogP contribution in [-0.2, 0) is 6.54 Å². The molecule has 0 fully saturated rings. The Labute approximate surface area is 244 Å². The minimum Gasteiger partial charge on any atom is -0.453 e. The van der Waals surface area contributed by atoms with Gasteiger partial charge in [0.1, 0.15) is 5.58 Å². The van der Waals surface area contributed by atoms with Gasteiger partial charge >= 0.3 is 0 Å². The molecule has 4 aromatic carbocycles. The minimum atomic E-state index is -0.294. The van der Waals surface area contributed by atoms with Crippen LogP contribution in [0, 0.1) is 6.92 Å². The number of nitrogens with zero attached hydrogens (tertiary/aromatic N) is 4. The number of halogens is 2. The number of rotatable bonds is 5. The Hall–Kier alpha value is -4.65. The van der Waals surface area contributed by atoms with Crippen molar-refractivity contribution in [3.05, 3.63) is 134 Å². The molecule has 0 saturated heterocycles. The van der Waals surface area contributed by atoms with Crippen LogP contribution in [0.4, 0.5) is 0 Å². The minimum absolute atomic E-state index is 0.294. The molecule has 8 heteroatoms. The number of hydrogen-bond acceptors (Lipinski definition) is 4. The quantitative estimate of drug-likeness (QED) is 0.193. The molecule has 3 aromatic heterocycles. The highest BCUT2D eigenvalue weighted by molar-refractivity contribution is 6.31. The van der Waals surface area contributed by atoms with Crippen molar-refractivity contribution in [2.75, 3.05) is 0 Å². The summed E-state index contributed by atoms with van der Waals surface area (Å²) in [5.74, 6) is 0.717. The van der Waals surface area contributed by atoms with Gasteiger partial charge in [0.15, 0.2) is 5.76 Å². The molecule has 0 N–H and O–H groups in total. The van der Waals surface area contributed by atoms with Crippen LogP contribution in [0.2, 0.25) is 10.0 Å². The Bertz CT molecular complexity index is 2210. The van der Waals surface area contributed by atoms with Gasteiger partial charge in [0, 0.05) is 44.1 Å². The summed E-state index contributed by atoms with van der Waals surface area (Å²) in [6.45, 7) is 2.65. The lowest BCUT2D eigenvalue weighted by molar-refractivity contribution is 0.616. The molecule has 7 aromatic rings. The van der Waals surface area contributed by atoms with E-state index in [4.69, 9.17) is 37.7 Å². The molecule has 0 saturated carbocycles. The van der Waals surface area contributed by atoms with E-state index in [9.17, 15) is 4.79 Å². The number of hydrogen-bond donors (Lipinski definition) is 0. The fraction of sp³-hybridized carbons (Fsp3) is 0.0606. The van der Waals surface area contributed by atoms with Gasteiger partial charge in [-0.2, -0.15) is 9.78 Å². The van der Waals surface area contributed by atoms with Crippen LogP contribution in [0.3, 0.4) is 0 Å². The highest BCUT2D eigenvalue weighted by Gasteiger charge is 2.18. The second-order valence-corrected chi connectivity index (χ2v) is 10.6. The summed E-state index contributed by atoms with van der Waals surface area (Å²) in [5.41, 5.74) is 4.86. The molecule has 0 aliphatic heterocycles. The molecular formula is C33H22Cl2N4O2. The first-order valence-electron chi connectivity index (χ1n) is 13.0. The Morgan fingerprint density at radius 1 is 0.902 bits per heavy atom. The summed E-state index contributed by atoms with van der Waals surface area (Å²) in [6.07, 6.45) is 1.72. The van der Waals surface area contributed by atoms with Crippen molar-refractivity contribution in [1.29, 1.82) is 0 Å². The van der Waals surface area contributed by atoms with Gasteiger partial charge in [-0.15, -0.1) is 0 Å². The SMILES string of the molecule is Cc1c(C=Nn2c(-c3cc4cc(Cl)ccc4o3)nc3ccccc3c2=O)c2ccccc2n1Cc1ccccc1Cl. The fourth-order valence-corrected chi connectivity index (χ4v) is 5.63. The van der Waals surface area contributed by atoms with Gasteiger partial charge in [-0.3, -0.25) is 4.79 Å². The molecule has 0 unspecified atom stereocenters. The molecule has 6 nitrogen and oxygen atoms in total. The van der Waals surface area contributed by atoms with E-state index in [2.05, 4.69) is 16.7 Å². The van der Waals surface area contributed by atoms with Gasteiger partial charge in [-0.05, 0) is 61.0 Å². The van der Waals surface area contributed by atoms with E-state index < -0.39 is 0 Å². The van der Waals surface area contributed by atoms with Crippen molar-refractivity contribution < 1.29 is 4.42 Å². The van der Waals surface area contributed by atoms with Gasteiger partial charge in [0.05, 0.1) is 17.1 Å². The summed E-state index contributed by atoms with van der Waals surface area (Å²) in [5, 5.41) is 8.33. The first kappa shape index (κ1) is 25.3. The van der Waals surface area contributed by atoms with Gasteiger partial charge in [-0.25, -0.2) is 4.98 Å². The molecule has 0 bridgehead atoms. The van der Waals surface area contributed by atoms with Crippen LogP contribution >= 0.6 is 23.2 Å². The van der Waals surface area contributed by atoms with E-state index in [1.807, 2.05) is 67.6 Å². The first-order valence-corrected chi connectivity index (χ1v) is 13.8. The molecule has 0 atom stereocenters. The van der Waals surface area contributed by atoms with E-state index in [0.717, 1.165) is 33.1 Å². The number of aromatic nitrogens is 3. The van der Waals surface area contributed by atoms with Crippen molar-refractivity contribution in [1.82, 2.24) is 14.2 Å². The fourth-order valence-electron chi connectivity index (χ4n) is 5.25. The molecule has 200 valence electrons. The summed E-state index contributed by atoms with van der Waals surface area (Å²) in [4.78, 5) is 18.6. The number of benzene rings is 4. The van der Waals surface area contributed by atoms with E-state index in [1.54, 1.807) is 30.5 Å². The normalized spacial score (nSPS) is 11.9. The van der Waals surface area contributed by atoms with Crippen molar-refractivity contribution in [3.63, 3.8) is 0 Å². The lowest BCUT2D eigenvalue weighted by Crippen LogP contribution is -2.20. The van der Waals surface area contributed by atoms with Crippen LogP contribution in [0.25, 0.3) is 44.4 Å². The molecule has 0 aliphatic rings. The van der Waals surface area contributed by atoms with Crippen molar-refractivity contribution in [2.45, 2.75) is 13.5 Å². The maximum Gasteiger partial charge on any atom is 0.282 e. The molecular weight excluding hydrogens is 555 g/mol. The second-order valence-electron chi connectivity index (χ2n) is 9.80. The Balaban J connectivity index is 1.41. The van der Waals surface area contributed by atoms with Crippen molar-refractivity contribution in [3.8, 4) is 11.6 Å². The molecule has 7 rings (SSSR count). The Kier molecular flexibility index (Phi) is 6.22. The highest BCUT2D eigenvalue weighted by atomic mass is 35.5. The van der Waals surface area contributed by atoms with Crippen LogP contribution < -0.4 is 5.56 Å². The smallest absolute Gasteiger partial charge is 0.282 e. The summed E-state index contributed by atoms with van der Waals surface area (Å²) in [6, 6.07) is 30.4. The molecule has 3 heterocycles. The molecule has 0 aliphatic carbocycles. The largest absolute Gasteiger partial charge is 0.453 e. The third-order valence-electron chi connectivity index (χ3n) is 7.32. The lowest BCUT2D eigenvalue weighted by Gasteiger charge is -2.10. The zero-order chi connectivity index (χ0) is 28.1. The average Bonchev–Trinajstić information content (AvgIpc) is 3.52. The number of para-hydroxylation sites is 2. The molecule has 0 spiro atoms. The Morgan fingerprint density at radius 2 is 1.66 bits per heavy atom. The monoisotopic (exact) mass is 576 g/mol. The predicted molar refractivity (Wildman–Crippen MR) is 166 cm³/mol. The summed E-state index contributed by atoms with van der Waals surface area (Å²) in [7, 11) is 0. The molecule has 0 radical (unpaired) electrons. The van der Waals surface area contributed by atoms with Crippen LogP contribution in [0.5, 0.6) is 0 Å². The average molecular weight is 577 g/mol. The first-order chi connectivity index (χ1) is 20.0. The van der Waals surface area contributed by atoms with E-state index in [-0.39, 0.29) is 5.56 Å². The summed E-state index contributed by atoms with van der Waals surface area (Å²) >= 11 is 12.7. The van der Waals surface area contributed by atoms with Crippen LogP contribution in [0.1, 0.15) is 16.8 Å². The zero-order valence-corrected chi connectivity index (χ0v) is 23.4. The molecule has 0 amide bonds. The second kappa shape index (κ2) is 10.1. The maximum atomic E-state index is 13.8. The van der Waals surface area contributed by atoms with Crippen molar-refractivity contribution >= 4 is 62.2 Å². The zero-order valence-electron chi connectivity index (χ0n) is 21.9. The van der Waals surface area contributed by atoms with Gasteiger partial charge in [-0.1, -0.05) is 71.7 Å². The predicted octanol–water partition coefficient (Wildman–Crippen LogP) is 8.31. The third kappa shape index (κ3) is 4.42. The van der Waals surface area contributed by atoms with Gasteiger partial charge < -0.3 is 8.98 Å². The lowest BCUT2D eigenvalue weighted by atomic mass is 10.1. The molecule has 41 heavy (non-hydrogen) atoms. The van der Waals surface area contributed by atoms with Gasteiger partial charge in [0.2, 0.25) is 5.82 Å². The number of furan rings is 1. The number of fused-ring (bicyclic) bond motifs is 3. The maximum absolute atomic E-state index is 13.8.